The second kappa shape index (κ2) is 38.7. The van der Waals surface area contributed by atoms with Gasteiger partial charge in [0.1, 0.15) is 0 Å². The number of ether oxygens (including phenoxy) is 8. The molecule has 4 heterocycles. The summed E-state index contributed by atoms with van der Waals surface area (Å²) in [4.78, 5) is 79.6. The molecule has 4 atom stereocenters. The van der Waals surface area contributed by atoms with Crippen molar-refractivity contribution in [1.29, 1.82) is 0 Å². The van der Waals surface area contributed by atoms with Crippen LogP contribution in [0.5, 0.6) is 0 Å². The fourth-order valence-corrected chi connectivity index (χ4v) is 9.89. The van der Waals surface area contributed by atoms with Crippen LogP contribution in [0.2, 0.25) is 0 Å². The number of hydrogen-bond acceptors (Lipinski definition) is 20. The molecule has 4 rings (SSSR count). The van der Waals surface area contributed by atoms with Gasteiger partial charge in [-0.05, 0) is 162 Å². The Bertz CT molecular complexity index is 2460. The smallest absolute Gasteiger partial charge is 0.237 e. The molecule has 0 aliphatic rings. The lowest BCUT2D eigenvalue weighted by Gasteiger charge is -2.42. The van der Waals surface area contributed by atoms with Crippen LogP contribution in [0.3, 0.4) is 0 Å². The Morgan fingerprint density at radius 3 is 0.691 bits per heavy atom. The zero-order chi connectivity index (χ0) is 72.2. The van der Waals surface area contributed by atoms with Crippen molar-refractivity contribution in [2.45, 2.75) is 257 Å². The van der Waals surface area contributed by atoms with Gasteiger partial charge in [0.2, 0.25) is 23.6 Å². The van der Waals surface area contributed by atoms with Gasteiger partial charge in [-0.15, -0.1) is 0 Å². The van der Waals surface area contributed by atoms with Crippen molar-refractivity contribution in [1.82, 2.24) is 61.1 Å². The third-order valence-electron chi connectivity index (χ3n) is 17.3. The summed E-state index contributed by atoms with van der Waals surface area (Å²) in [6.45, 7) is 35.9. The number of aromatic amines is 4. The van der Waals surface area contributed by atoms with Gasteiger partial charge in [-0.25, -0.2) is 19.9 Å². The number of imidazole rings is 4. The Balaban J connectivity index is 1.50. The molecule has 97 heavy (non-hydrogen) atoms. The van der Waals surface area contributed by atoms with Crippen molar-refractivity contribution in [3.8, 4) is 0 Å². The Morgan fingerprint density at radius 1 is 0.330 bits per heavy atom. The van der Waals surface area contributed by atoms with Gasteiger partial charge in [-0.2, -0.15) is 0 Å². The standard InChI is InChI=1S/C69H124N16O12/c1-61(2,17-25-78-57(86)53(70)33-49-37-74-45-82-49)90-29-21-65(9,10)94-41-69(42-95-66(11,12)22-30-91-62(3,4)18-26-79-58(87)54(71)34-50-38-75-46-83-50,43-96-67(13,14)23-31-92-63(5,6)19-27-80-59(88)55(72)35-51-39-76-47-84-51)44-97-68(15,16)24-32-93-64(7,8)20-28-81-60(89)56(73)36-52-40-77-48-85-52/h37-40,45-48,53-56H,17-36,41-44,70-73H2,1-16H3,(H,74,82)(H,75,83)(H,76,84)(H,77,85)(H,78,86)(H,79,87)(H,80,88)(H,81,89). The number of carbonyl (C=O) groups is 4. The van der Waals surface area contributed by atoms with Crippen molar-refractivity contribution < 1.29 is 57.1 Å². The first kappa shape index (κ1) is 83.7. The maximum atomic E-state index is 12.9. The maximum Gasteiger partial charge on any atom is 0.237 e. The van der Waals surface area contributed by atoms with Crippen LogP contribution in [0.15, 0.2) is 50.1 Å². The van der Waals surface area contributed by atoms with Gasteiger partial charge in [0.15, 0.2) is 0 Å². The first-order valence-electron chi connectivity index (χ1n) is 34.3. The van der Waals surface area contributed by atoms with Crippen LogP contribution in [-0.4, -0.2) is 212 Å². The van der Waals surface area contributed by atoms with E-state index in [1.54, 1.807) is 50.1 Å². The summed E-state index contributed by atoms with van der Waals surface area (Å²) in [5, 5.41) is 11.8. The van der Waals surface area contributed by atoms with Crippen LogP contribution in [-0.2, 0) is 82.8 Å². The summed E-state index contributed by atoms with van der Waals surface area (Å²) in [5.41, 5.74) is 21.8. The lowest BCUT2D eigenvalue weighted by atomic mass is 9.89. The number of hydrogen-bond donors (Lipinski definition) is 12. The molecule has 0 bridgehead atoms. The molecular weight excluding hydrogens is 1240 g/mol. The van der Waals surface area contributed by atoms with Crippen molar-refractivity contribution in [3.63, 3.8) is 0 Å². The minimum Gasteiger partial charge on any atom is -0.375 e. The summed E-state index contributed by atoms with van der Waals surface area (Å²) in [5.74, 6) is -1.01. The Kier molecular flexibility index (Phi) is 33.4. The predicted octanol–water partition coefficient (Wildman–Crippen LogP) is 5.09. The number of nitrogens with one attached hydrogen (secondary N) is 8. The highest BCUT2D eigenvalue weighted by atomic mass is 16.6. The average molecular weight is 1370 g/mol. The van der Waals surface area contributed by atoms with Gasteiger partial charge in [0.25, 0.3) is 0 Å². The molecule has 0 aliphatic heterocycles. The zero-order valence-electron chi connectivity index (χ0n) is 61.4. The first-order chi connectivity index (χ1) is 45.2. The van der Waals surface area contributed by atoms with Gasteiger partial charge in [-0.3, -0.25) is 19.2 Å². The van der Waals surface area contributed by atoms with Crippen LogP contribution in [0.4, 0.5) is 0 Å². The molecule has 4 amide bonds. The molecule has 0 aromatic carbocycles. The minimum absolute atomic E-state index is 0.166. The molecule has 0 radical (unpaired) electrons. The second-order valence-electron chi connectivity index (χ2n) is 30.8. The van der Waals surface area contributed by atoms with Gasteiger partial charge in [0, 0.05) is 99.4 Å². The van der Waals surface area contributed by atoms with Gasteiger partial charge < -0.3 is 102 Å². The van der Waals surface area contributed by atoms with E-state index in [2.05, 4.69) is 61.1 Å². The Hall–Kier alpha value is -5.76. The third-order valence-corrected chi connectivity index (χ3v) is 17.3. The highest BCUT2D eigenvalue weighted by Crippen LogP contribution is 2.33. The summed E-state index contributed by atoms with van der Waals surface area (Å²) < 4.78 is 54.2. The average Bonchev–Trinajstić information content (AvgIpc) is 0.846. The first-order valence-corrected chi connectivity index (χ1v) is 34.3. The number of amides is 4. The summed E-state index contributed by atoms with van der Waals surface area (Å²) in [6, 6.07) is -2.89. The Morgan fingerprint density at radius 2 is 0.515 bits per heavy atom. The monoisotopic (exact) mass is 1370 g/mol. The number of carbonyl (C=O) groups excluding carboxylic acids is 4. The number of nitrogens with two attached hydrogens (primary N) is 4. The number of aromatic nitrogens is 8. The van der Waals surface area contributed by atoms with E-state index >= 15 is 0 Å². The molecular formula is C69H124N16O12. The summed E-state index contributed by atoms with van der Waals surface area (Å²) >= 11 is 0. The lowest BCUT2D eigenvalue weighted by molar-refractivity contribution is -0.197. The molecule has 552 valence electrons. The van der Waals surface area contributed by atoms with Crippen LogP contribution in [0, 0.1) is 5.41 Å². The fourth-order valence-electron chi connectivity index (χ4n) is 9.89. The van der Waals surface area contributed by atoms with E-state index in [0.717, 1.165) is 22.8 Å². The van der Waals surface area contributed by atoms with Crippen LogP contribution in [0.1, 0.15) is 185 Å². The van der Waals surface area contributed by atoms with Crippen LogP contribution < -0.4 is 44.2 Å². The van der Waals surface area contributed by atoms with E-state index in [1.807, 2.05) is 111 Å². The molecule has 4 unspecified atom stereocenters. The van der Waals surface area contributed by atoms with Crippen LogP contribution in [0.25, 0.3) is 0 Å². The molecule has 16 N–H and O–H groups in total. The third kappa shape index (κ3) is 34.7. The highest BCUT2D eigenvalue weighted by molar-refractivity contribution is 5.83. The van der Waals surface area contributed by atoms with Gasteiger partial charge >= 0.3 is 0 Å². The van der Waals surface area contributed by atoms with E-state index in [4.69, 9.17) is 60.8 Å². The molecule has 4 aromatic rings. The number of nitrogens with zero attached hydrogens (tertiary/aromatic N) is 4. The quantitative estimate of drug-likeness (QED) is 0.0274. The molecule has 0 saturated heterocycles. The minimum atomic E-state index is -0.913. The SMILES string of the molecule is CC(C)(CCNC(=O)C(N)Cc1cnc[nH]1)OCCC(C)(C)OCC(COC(C)(C)CCOC(C)(C)CCNC(=O)C(N)Cc1cnc[nH]1)(COC(C)(C)CCOC(C)(C)CCNC(=O)C(N)Cc1cnc[nH]1)COC(C)(C)CCOC(C)(C)CCNC(=O)C(N)Cc1cnc[nH]1. The van der Waals surface area contributed by atoms with Gasteiger partial charge in [-0.1, -0.05) is 0 Å². The van der Waals surface area contributed by atoms with Gasteiger partial charge in [0.05, 0.1) is 153 Å². The van der Waals surface area contributed by atoms with E-state index in [0.29, 0.717) is 130 Å². The van der Waals surface area contributed by atoms with E-state index in [9.17, 15) is 19.2 Å². The second-order valence-corrected chi connectivity index (χ2v) is 30.8. The van der Waals surface area contributed by atoms with Crippen molar-refractivity contribution >= 4 is 23.6 Å². The molecule has 0 fully saturated rings. The predicted molar refractivity (Wildman–Crippen MR) is 373 cm³/mol. The number of rotatable bonds is 52. The molecule has 28 nitrogen and oxygen atoms in total. The van der Waals surface area contributed by atoms with E-state index in [-0.39, 0.29) is 50.1 Å². The largest absolute Gasteiger partial charge is 0.375 e. The molecule has 0 aliphatic carbocycles. The summed E-state index contributed by atoms with van der Waals surface area (Å²) in [6.07, 6.45) is 18.5. The van der Waals surface area contributed by atoms with E-state index < -0.39 is 74.4 Å². The Labute approximate surface area is 576 Å². The van der Waals surface area contributed by atoms with Crippen molar-refractivity contribution in [3.05, 3.63) is 72.9 Å². The zero-order valence-corrected chi connectivity index (χ0v) is 61.4. The normalized spacial score (nSPS) is 15.0. The van der Waals surface area contributed by atoms with Crippen molar-refractivity contribution in [2.75, 3.05) is 79.0 Å². The molecule has 28 heteroatoms. The molecule has 0 spiro atoms. The topological polar surface area (TPSA) is 409 Å². The summed E-state index contributed by atoms with van der Waals surface area (Å²) in [7, 11) is 0. The lowest BCUT2D eigenvalue weighted by Crippen LogP contribution is -2.49. The molecule has 4 aromatic heterocycles. The maximum absolute atomic E-state index is 12.9. The highest BCUT2D eigenvalue weighted by Gasteiger charge is 2.41. The van der Waals surface area contributed by atoms with Crippen LogP contribution >= 0.6 is 0 Å². The molecule has 0 saturated carbocycles. The fraction of sp³-hybridized carbons (Fsp3) is 0.768. The van der Waals surface area contributed by atoms with Crippen molar-refractivity contribution in [2.24, 2.45) is 28.3 Å². The van der Waals surface area contributed by atoms with E-state index in [1.165, 1.54) is 0 Å². The number of H-pyrrole nitrogens is 4.